The zero-order valence-electron chi connectivity index (χ0n) is 10.8. The fraction of sp³-hybridized carbons (Fsp3) is 0.462. The van der Waals surface area contributed by atoms with Crippen molar-refractivity contribution >= 4 is 11.7 Å². The molecule has 4 atom stereocenters. The van der Waals surface area contributed by atoms with Gasteiger partial charge in [-0.05, 0) is 6.08 Å². The Kier molecular flexibility index (Phi) is 3.81. The quantitative estimate of drug-likeness (QED) is 0.553. The van der Waals surface area contributed by atoms with Gasteiger partial charge in [0, 0.05) is 12.3 Å². The Balaban J connectivity index is 2.46. The van der Waals surface area contributed by atoms with Crippen LogP contribution in [0.15, 0.2) is 30.7 Å². The van der Waals surface area contributed by atoms with Gasteiger partial charge in [-0.1, -0.05) is 6.58 Å². The number of alkyl halides is 2. The van der Waals surface area contributed by atoms with Crippen LogP contribution in [0.5, 0.6) is 0 Å². The molecule has 0 aromatic rings. The van der Waals surface area contributed by atoms with Crippen LogP contribution in [0.25, 0.3) is 0 Å². The molecular weight excluding hydrogens is 288 g/mol. The topological polar surface area (TPSA) is 87.1 Å². The summed E-state index contributed by atoms with van der Waals surface area (Å²) in [6.07, 6.45) is -2.24. The minimum Gasteiger partial charge on any atom is -0.390 e. The molecule has 2 heterocycles. The predicted octanol–water partition coefficient (Wildman–Crippen LogP) is -0.274. The van der Waals surface area contributed by atoms with Gasteiger partial charge in [-0.3, -0.25) is 14.5 Å². The Morgan fingerprint density at radius 2 is 2.24 bits per heavy atom. The van der Waals surface area contributed by atoms with Crippen molar-refractivity contribution in [3.63, 3.8) is 0 Å². The summed E-state index contributed by atoms with van der Waals surface area (Å²) in [7, 11) is 0. The number of nitrogens with zero attached hydrogens (tertiary/aromatic N) is 1. The van der Waals surface area contributed by atoms with Crippen LogP contribution in [-0.2, 0) is 14.3 Å². The van der Waals surface area contributed by atoms with E-state index in [1.807, 2.05) is 0 Å². The lowest BCUT2D eigenvalue weighted by Crippen LogP contribution is -2.52. The lowest BCUT2D eigenvalue weighted by molar-refractivity contribution is -0.212. The van der Waals surface area contributed by atoms with Gasteiger partial charge >= 0.3 is 0 Å². The molecule has 0 bridgehead atoms. The Morgan fingerprint density at radius 3 is 2.76 bits per heavy atom. The van der Waals surface area contributed by atoms with Crippen molar-refractivity contribution in [1.82, 2.24) is 4.90 Å². The third kappa shape index (κ3) is 2.32. The molecule has 2 rings (SSSR count). The first-order valence-electron chi connectivity index (χ1n) is 6.02. The maximum atomic E-state index is 14.9. The van der Waals surface area contributed by atoms with Crippen LogP contribution in [0, 0.1) is 0 Å². The number of allylic oxidation sites excluding steroid dienone is 1. The monoisotopic (exact) mass is 301 g/mol. The number of amides is 1. The molecule has 0 aromatic heterocycles. The highest BCUT2D eigenvalue weighted by Crippen LogP contribution is 2.44. The molecule has 6 nitrogen and oxygen atoms in total. The maximum Gasteiger partial charge on any atom is 0.264 e. The van der Waals surface area contributed by atoms with Gasteiger partial charge in [0.15, 0.2) is 18.1 Å². The number of ether oxygens (including phenoxy) is 1. The summed E-state index contributed by atoms with van der Waals surface area (Å²) < 4.78 is 33.8. The molecule has 114 valence electrons. The van der Waals surface area contributed by atoms with E-state index in [0.717, 1.165) is 12.3 Å². The first kappa shape index (κ1) is 15.5. The second-order valence-corrected chi connectivity index (χ2v) is 4.75. The standard InChI is InChI=1S/C13H13F2NO5/c1-2-4-12(14)10(20)13(15,7-17)21-11(12)16-5-3-8(18)6-9(16)19/h3-5,10-11,17,20H,1,6-7H2/t10-,11+,12+,13+/m0/s1. The third-order valence-electron chi connectivity index (χ3n) is 3.34. The zero-order chi connectivity index (χ0) is 15.8. The number of hydrogen-bond donors (Lipinski definition) is 2. The lowest BCUT2D eigenvalue weighted by atomic mass is 9.94. The van der Waals surface area contributed by atoms with Crippen molar-refractivity contribution in [3.8, 4) is 0 Å². The van der Waals surface area contributed by atoms with E-state index in [0.29, 0.717) is 11.0 Å². The lowest BCUT2D eigenvalue weighted by Gasteiger charge is -2.32. The van der Waals surface area contributed by atoms with Crippen molar-refractivity contribution in [2.24, 2.45) is 0 Å². The molecule has 2 aliphatic heterocycles. The average Bonchev–Trinajstić information content (AvgIpc) is 2.62. The van der Waals surface area contributed by atoms with Gasteiger partial charge in [0.25, 0.3) is 5.85 Å². The van der Waals surface area contributed by atoms with Crippen molar-refractivity contribution < 1.29 is 33.3 Å². The molecule has 1 amide bonds. The molecule has 8 heteroatoms. The number of rotatable bonds is 3. The number of halogens is 2. The Bertz CT molecular complexity index is 559. The van der Waals surface area contributed by atoms with E-state index in [-0.39, 0.29) is 0 Å². The normalized spacial score (nSPS) is 39.5. The van der Waals surface area contributed by atoms with Gasteiger partial charge in [0.2, 0.25) is 11.6 Å². The highest BCUT2D eigenvalue weighted by atomic mass is 19.2. The van der Waals surface area contributed by atoms with Gasteiger partial charge in [0.05, 0.1) is 6.42 Å². The molecule has 0 aliphatic carbocycles. The van der Waals surface area contributed by atoms with Crippen molar-refractivity contribution in [1.29, 1.82) is 0 Å². The summed E-state index contributed by atoms with van der Waals surface area (Å²) in [5.41, 5.74) is -0.808. The van der Waals surface area contributed by atoms with Gasteiger partial charge in [0.1, 0.15) is 6.61 Å². The van der Waals surface area contributed by atoms with Crippen molar-refractivity contribution in [2.45, 2.75) is 30.3 Å². The first-order valence-corrected chi connectivity index (χ1v) is 6.02. The van der Waals surface area contributed by atoms with Crippen LogP contribution in [0.1, 0.15) is 6.42 Å². The summed E-state index contributed by atoms with van der Waals surface area (Å²) in [5.74, 6) is -4.41. The second-order valence-electron chi connectivity index (χ2n) is 4.75. The molecule has 21 heavy (non-hydrogen) atoms. The summed E-state index contributed by atoms with van der Waals surface area (Å²) in [6, 6.07) is 0. The molecule has 0 unspecified atom stereocenters. The Hall–Kier alpha value is -1.86. The molecule has 0 saturated carbocycles. The van der Waals surface area contributed by atoms with E-state index in [4.69, 9.17) is 9.84 Å². The summed E-state index contributed by atoms with van der Waals surface area (Å²) in [6.45, 7) is 1.83. The van der Waals surface area contributed by atoms with E-state index in [9.17, 15) is 23.5 Å². The molecule has 0 spiro atoms. The zero-order valence-corrected chi connectivity index (χ0v) is 10.8. The molecular formula is C13H13F2NO5. The number of aliphatic hydroxyl groups is 2. The summed E-state index contributed by atoms with van der Waals surface area (Å²) in [4.78, 5) is 23.5. The SMILES string of the molecule is C=C=C[C@]1(F)[C@H](N2C=CC(=O)CC2=O)O[C@](F)(CO)[C@H]1O. The van der Waals surface area contributed by atoms with E-state index in [1.54, 1.807) is 0 Å². The highest BCUT2D eigenvalue weighted by molar-refractivity contribution is 6.06. The smallest absolute Gasteiger partial charge is 0.264 e. The highest BCUT2D eigenvalue weighted by Gasteiger charge is 2.67. The second kappa shape index (κ2) is 5.16. The largest absolute Gasteiger partial charge is 0.390 e. The van der Waals surface area contributed by atoms with Crippen LogP contribution in [0.2, 0.25) is 0 Å². The van der Waals surface area contributed by atoms with Gasteiger partial charge < -0.3 is 14.9 Å². The van der Waals surface area contributed by atoms with E-state index >= 15 is 0 Å². The van der Waals surface area contributed by atoms with Gasteiger partial charge in [-0.2, -0.15) is 0 Å². The van der Waals surface area contributed by atoms with Gasteiger partial charge in [-0.15, -0.1) is 5.73 Å². The summed E-state index contributed by atoms with van der Waals surface area (Å²) in [5, 5.41) is 18.7. The van der Waals surface area contributed by atoms with E-state index in [1.165, 1.54) is 0 Å². The fourth-order valence-corrected chi connectivity index (χ4v) is 2.26. The maximum absolute atomic E-state index is 14.9. The molecule has 1 saturated heterocycles. The molecule has 1 fully saturated rings. The number of ketones is 1. The molecule has 2 N–H and O–H groups in total. The number of aliphatic hydroxyl groups excluding tert-OH is 2. The fourth-order valence-electron chi connectivity index (χ4n) is 2.26. The number of carbonyl (C=O) groups excluding carboxylic acids is 2. The Morgan fingerprint density at radius 1 is 1.57 bits per heavy atom. The average molecular weight is 301 g/mol. The van der Waals surface area contributed by atoms with Crippen LogP contribution < -0.4 is 0 Å². The molecule has 2 aliphatic rings. The summed E-state index contributed by atoms with van der Waals surface area (Å²) >= 11 is 0. The van der Waals surface area contributed by atoms with Crippen LogP contribution in [0.3, 0.4) is 0 Å². The van der Waals surface area contributed by atoms with Gasteiger partial charge in [-0.25, -0.2) is 8.78 Å². The van der Waals surface area contributed by atoms with Crippen LogP contribution in [0.4, 0.5) is 8.78 Å². The van der Waals surface area contributed by atoms with Crippen LogP contribution >= 0.6 is 0 Å². The van der Waals surface area contributed by atoms with Crippen LogP contribution in [-0.4, -0.2) is 57.3 Å². The van der Waals surface area contributed by atoms with E-state index < -0.39 is 48.6 Å². The number of hydrogen-bond acceptors (Lipinski definition) is 5. The third-order valence-corrected chi connectivity index (χ3v) is 3.34. The number of carbonyl (C=O) groups is 2. The van der Waals surface area contributed by atoms with Crippen molar-refractivity contribution in [3.05, 3.63) is 30.7 Å². The minimum absolute atomic E-state index is 0.493. The minimum atomic E-state index is -3.09. The van der Waals surface area contributed by atoms with E-state index in [2.05, 4.69) is 12.3 Å². The first-order chi connectivity index (χ1) is 9.78. The molecule has 0 radical (unpaired) electrons. The molecule has 0 aromatic carbocycles. The Labute approximate surface area is 118 Å². The predicted molar refractivity (Wildman–Crippen MR) is 65.0 cm³/mol. The van der Waals surface area contributed by atoms with Crippen molar-refractivity contribution in [2.75, 3.05) is 6.61 Å².